The second-order valence-corrected chi connectivity index (χ2v) is 8.92. The van der Waals surface area contributed by atoms with E-state index in [9.17, 15) is 4.79 Å². The zero-order valence-corrected chi connectivity index (χ0v) is 22.1. The summed E-state index contributed by atoms with van der Waals surface area (Å²) in [5.41, 5.74) is 21.1. The Morgan fingerprint density at radius 1 is 0.650 bits per heavy atom. The van der Waals surface area contributed by atoms with E-state index in [4.69, 9.17) is 39.0 Å². The molecule has 0 saturated carbocycles. The van der Waals surface area contributed by atoms with Gasteiger partial charge >= 0.3 is 5.97 Å². The molecule has 0 spiro atoms. The highest BCUT2D eigenvalue weighted by Gasteiger charge is 2.09. The van der Waals surface area contributed by atoms with Crippen molar-refractivity contribution in [2.75, 3.05) is 17.2 Å². The molecule has 3 aromatic heterocycles. The van der Waals surface area contributed by atoms with Gasteiger partial charge in [-0.2, -0.15) is 0 Å². The fourth-order valence-corrected chi connectivity index (χ4v) is 4.38. The minimum Gasteiger partial charge on any atom is -0.478 e. The van der Waals surface area contributed by atoms with Crippen LogP contribution in [-0.2, 0) is 12.5 Å². The lowest BCUT2D eigenvalue weighted by atomic mass is 10.1. The number of carbonyl (C=O) groups is 1. The van der Waals surface area contributed by atoms with Crippen LogP contribution in [0.3, 0.4) is 0 Å². The molecule has 0 atom stereocenters. The Morgan fingerprint density at radius 2 is 1.05 bits per heavy atom. The first-order valence-electron chi connectivity index (χ1n) is 12.1. The predicted octanol–water partition coefficient (Wildman–Crippen LogP) is 5.38. The molecule has 3 aromatic carbocycles. The fraction of sp³-hybridized carbons (Fsp3) is 0.0667. The second-order valence-electron chi connectivity index (χ2n) is 8.66. The molecule has 6 rings (SSSR count). The fourth-order valence-electron chi connectivity index (χ4n) is 4.15. The van der Waals surface area contributed by atoms with Crippen molar-refractivity contribution in [1.29, 1.82) is 0 Å². The molecule has 0 radical (unpaired) electrons. The molecule has 0 aliphatic rings. The highest BCUT2D eigenvalue weighted by Crippen LogP contribution is 2.21. The van der Waals surface area contributed by atoms with Gasteiger partial charge in [-0.3, -0.25) is 0 Å². The molecular formula is C30H27ClN6O3. The summed E-state index contributed by atoms with van der Waals surface area (Å²) < 4.78 is 0. The van der Waals surface area contributed by atoms with E-state index in [0.717, 1.165) is 32.9 Å². The Bertz CT molecular complexity index is 1730. The maximum Gasteiger partial charge on any atom is 0.336 e. The Hall–Kier alpha value is -4.99. The van der Waals surface area contributed by atoms with Crippen molar-refractivity contribution in [3.8, 4) is 0 Å². The first-order valence-corrected chi connectivity index (χ1v) is 12.7. The summed E-state index contributed by atoms with van der Waals surface area (Å²) in [6.07, 6.45) is 0. The molecule has 10 heteroatoms. The number of aromatic carboxylic acids is 1. The number of hydrogen-bond acceptors (Lipinski definition) is 8. The Kier molecular flexibility index (Phi) is 8.90. The number of rotatable bonds is 3. The molecule has 0 aliphatic carbocycles. The van der Waals surface area contributed by atoms with Gasteiger partial charge in [-0.25, -0.2) is 19.7 Å². The third kappa shape index (κ3) is 6.52. The van der Waals surface area contributed by atoms with Crippen molar-refractivity contribution in [1.82, 2.24) is 15.0 Å². The van der Waals surface area contributed by atoms with Crippen LogP contribution in [0.4, 0.5) is 17.5 Å². The molecule has 9 nitrogen and oxygen atoms in total. The number of aliphatic hydroxyl groups is 1. The van der Waals surface area contributed by atoms with Crippen LogP contribution in [-0.4, -0.2) is 31.1 Å². The molecule has 3 heterocycles. The van der Waals surface area contributed by atoms with Gasteiger partial charge in [0.2, 0.25) is 0 Å². The Morgan fingerprint density at radius 3 is 1.52 bits per heavy atom. The van der Waals surface area contributed by atoms with Crippen LogP contribution < -0.4 is 17.2 Å². The lowest BCUT2D eigenvalue weighted by molar-refractivity contribution is 0.0699. The van der Waals surface area contributed by atoms with E-state index >= 15 is 0 Å². The average molecular weight is 555 g/mol. The van der Waals surface area contributed by atoms with Crippen molar-refractivity contribution in [2.24, 2.45) is 0 Å². The molecule has 0 amide bonds. The third-order valence-corrected chi connectivity index (χ3v) is 6.21. The minimum absolute atomic E-state index is 0.00671. The van der Waals surface area contributed by atoms with E-state index < -0.39 is 5.97 Å². The summed E-state index contributed by atoms with van der Waals surface area (Å²) in [7, 11) is 0. The highest BCUT2D eigenvalue weighted by atomic mass is 35.5. The number of hydrogen-bond donors (Lipinski definition) is 5. The Labute approximate surface area is 234 Å². The summed E-state index contributed by atoms with van der Waals surface area (Å²) in [5, 5.41) is 20.6. The molecule has 0 fully saturated rings. The lowest BCUT2D eigenvalue weighted by Crippen LogP contribution is -2.01. The average Bonchev–Trinajstić information content (AvgIpc) is 2.96. The zero-order chi connectivity index (χ0) is 28.6. The van der Waals surface area contributed by atoms with Crippen molar-refractivity contribution < 1.29 is 15.0 Å². The van der Waals surface area contributed by atoms with Gasteiger partial charge in [0.05, 0.1) is 28.7 Å². The van der Waals surface area contributed by atoms with E-state index in [1.165, 1.54) is 6.07 Å². The summed E-state index contributed by atoms with van der Waals surface area (Å²) in [4.78, 5) is 23.3. The number of anilines is 3. The molecule has 6 aromatic rings. The number of carboxylic acids is 1. The van der Waals surface area contributed by atoms with E-state index in [1.54, 1.807) is 30.3 Å². The number of benzene rings is 3. The molecule has 0 aliphatic heterocycles. The number of nitrogen functional groups attached to an aromatic ring is 3. The van der Waals surface area contributed by atoms with Gasteiger partial charge in [0, 0.05) is 22.0 Å². The van der Waals surface area contributed by atoms with E-state index in [0.29, 0.717) is 28.4 Å². The van der Waals surface area contributed by atoms with Crippen LogP contribution in [0.1, 0.15) is 21.5 Å². The minimum atomic E-state index is -0.990. The van der Waals surface area contributed by atoms with Gasteiger partial charge in [0.25, 0.3) is 0 Å². The van der Waals surface area contributed by atoms with Crippen molar-refractivity contribution in [3.63, 3.8) is 0 Å². The number of para-hydroxylation sites is 3. The highest BCUT2D eigenvalue weighted by molar-refractivity contribution is 6.18. The smallest absolute Gasteiger partial charge is 0.336 e. The van der Waals surface area contributed by atoms with Crippen LogP contribution in [0.5, 0.6) is 0 Å². The molecule has 40 heavy (non-hydrogen) atoms. The van der Waals surface area contributed by atoms with Crippen LogP contribution in [0.2, 0.25) is 0 Å². The van der Waals surface area contributed by atoms with Crippen molar-refractivity contribution >= 4 is 67.7 Å². The predicted molar refractivity (Wildman–Crippen MR) is 161 cm³/mol. The normalized spacial score (nSPS) is 10.4. The maximum absolute atomic E-state index is 10.9. The number of nitrogens with two attached hydrogens (primary N) is 3. The van der Waals surface area contributed by atoms with Gasteiger partial charge in [-0.05, 0) is 47.5 Å². The maximum atomic E-state index is 10.9. The number of carboxylic acid groups (broad SMARTS) is 1. The van der Waals surface area contributed by atoms with E-state index in [2.05, 4.69) is 15.0 Å². The summed E-state index contributed by atoms with van der Waals surface area (Å²) in [6.45, 7) is -0.00671. The van der Waals surface area contributed by atoms with Gasteiger partial charge in [0.1, 0.15) is 17.5 Å². The zero-order valence-electron chi connectivity index (χ0n) is 21.3. The first kappa shape index (κ1) is 28.0. The SMILES string of the molecule is Nc1cc(C(=O)O)c2ccccc2n1.Nc1cc(CCl)c2ccccc2n1.Nc1cc(CO)c2ccccc2n1. The van der Waals surface area contributed by atoms with E-state index in [-0.39, 0.29) is 18.0 Å². The lowest BCUT2D eigenvalue weighted by Gasteiger charge is -2.03. The topological polar surface area (TPSA) is 174 Å². The van der Waals surface area contributed by atoms with Crippen LogP contribution in [0.25, 0.3) is 32.7 Å². The third-order valence-electron chi connectivity index (χ3n) is 5.92. The van der Waals surface area contributed by atoms with Gasteiger partial charge in [-0.15, -0.1) is 11.6 Å². The molecule has 0 saturated heterocycles. The number of nitrogens with zero attached hydrogens (tertiary/aromatic N) is 3. The quantitative estimate of drug-likeness (QED) is 0.180. The number of fused-ring (bicyclic) bond motifs is 3. The molecule has 8 N–H and O–H groups in total. The van der Waals surface area contributed by atoms with Crippen LogP contribution in [0, 0.1) is 0 Å². The van der Waals surface area contributed by atoms with Gasteiger partial charge < -0.3 is 27.4 Å². The summed E-state index contributed by atoms with van der Waals surface area (Å²) >= 11 is 5.79. The molecule has 0 unspecified atom stereocenters. The van der Waals surface area contributed by atoms with Crippen LogP contribution >= 0.6 is 11.6 Å². The van der Waals surface area contributed by atoms with Crippen molar-refractivity contribution in [2.45, 2.75) is 12.5 Å². The Balaban J connectivity index is 0.000000139. The standard InChI is InChI=1S/C10H9ClN2.C10H8N2O2.C10H10N2O/c11-6-7-5-10(12)13-9-4-2-1-3-8(7)9;11-9-5-7(10(13)14)6-3-1-2-4-8(6)12-9;11-10-5-7(6-13)8-3-1-2-4-9(8)12-10/h1-5H,6H2,(H2,12,13);1-5H,(H2,11,12)(H,13,14);1-5,13H,6H2,(H2,11,12). The number of alkyl halides is 1. The monoisotopic (exact) mass is 554 g/mol. The van der Waals surface area contributed by atoms with E-state index in [1.807, 2.05) is 54.6 Å². The largest absolute Gasteiger partial charge is 0.478 e. The molecule has 202 valence electrons. The van der Waals surface area contributed by atoms with Gasteiger partial charge in [0.15, 0.2) is 0 Å². The number of pyridine rings is 3. The van der Waals surface area contributed by atoms with Gasteiger partial charge in [-0.1, -0.05) is 54.6 Å². The number of aliphatic hydroxyl groups excluding tert-OH is 1. The second kappa shape index (κ2) is 12.7. The first-order chi connectivity index (χ1) is 19.3. The number of halogens is 1. The molecular weight excluding hydrogens is 528 g/mol. The number of aromatic nitrogens is 3. The molecule has 0 bridgehead atoms. The van der Waals surface area contributed by atoms with Crippen molar-refractivity contribution in [3.05, 3.63) is 108 Å². The summed E-state index contributed by atoms with van der Waals surface area (Å²) in [6, 6.07) is 27.3. The van der Waals surface area contributed by atoms with Crippen LogP contribution in [0.15, 0.2) is 91.0 Å². The summed E-state index contributed by atoms with van der Waals surface area (Å²) in [5.74, 6) is 0.668.